The molecule has 0 spiro atoms. The summed E-state index contributed by atoms with van der Waals surface area (Å²) in [7, 11) is 1.90. The topological polar surface area (TPSA) is 81.3 Å². The van der Waals surface area contributed by atoms with E-state index in [0.29, 0.717) is 46.4 Å². The molecule has 1 aromatic carbocycles. The number of nitrogens with two attached hydrogens (primary N) is 1. The number of ether oxygens (including phenoxy) is 1. The molecule has 8 heteroatoms. The van der Waals surface area contributed by atoms with Gasteiger partial charge in [-0.3, -0.25) is 4.90 Å². The van der Waals surface area contributed by atoms with Crippen molar-refractivity contribution in [1.82, 2.24) is 14.9 Å². The summed E-state index contributed by atoms with van der Waals surface area (Å²) in [5, 5.41) is 0.694. The Balaban J connectivity index is 1.84. The van der Waals surface area contributed by atoms with E-state index in [4.69, 9.17) is 10.5 Å². The molecule has 142 valence electrons. The molecule has 2 aromatic heterocycles. The van der Waals surface area contributed by atoms with E-state index in [1.54, 1.807) is 13.0 Å². The van der Waals surface area contributed by atoms with Crippen molar-refractivity contribution >= 4 is 33.3 Å². The largest absolute Gasteiger partial charge is 0.462 e. The van der Waals surface area contributed by atoms with Crippen LogP contribution in [0.25, 0.3) is 10.2 Å². The van der Waals surface area contributed by atoms with Crippen molar-refractivity contribution in [2.45, 2.75) is 26.9 Å². The quantitative estimate of drug-likeness (QED) is 0.651. The van der Waals surface area contributed by atoms with E-state index in [-0.39, 0.29) is 11.8 Å². The van der Waals surface area contributed by atoms with Gasteiger partial charge in [-0.05, 0) is 44.2 Å². The van der Waals surface area contributed by atoms with E-state index in [0.717, 1.165) is 11.1 Å². The number of fused-ring (bicyclic) bond motifs is 1. The number of esters is 1. The summed E-state index contributed by atoms with van der Waals surface area (Å²) in [4.78, 5) is 24.2. The van der Waals surface area contributed by atoms with Crippen LogP contribution < -0.4 is 5.73 Å². The molecule has 0 fully saturated rings. The maximum atomic E-state index is 13.3. The molecule has 0 saturated carbocycles. The number of thiophene rings is 1. The fourth-order valence-electron chi connectivity index (χ4n) is 2.92. The van der Waals surface area contributed by atoms with Crippen LogP contribution in [0.2, 0.25) is 0 Å². The zero-order valence-corrected chi connectivity index (χ0v) is 16.3. The summed E-state index contributed by atoms with van der Waals surface area (Å²) >= 11 is 1.26. The van der Waals surface area contributed by atoms with Crippen LogP contribution in [0.15, 0.2) is 24.3 Å². The number of halogens is 1. The van der Waals surface area contributed by atoms with Gasteiger partial charge >= 0.3 is 5.97 Å². The Morgan fingerprint density at radius 1 is 1.33 bits per heavy atom. The summed E-state index contributed by atoms with van der Waals surface area (Å²) in [5.74, 6) is 0.263. The first-order valence-electron chi connectivity index (χ1n) is 8.54. The highest BCUT2D eigenvalue weighted by Crippen LogP contribution is 2.33. The van der Waals surface area contributed by atoms with Crippen LogP contribution in [-0.4, -0.2) is 34.5 Å². The number of anilines is 1. The van der Waals surface area contributed by atoms with E-state index in [1.165, 1.54) is 23.5 Å². The van der Waals surface area contributed by atoms with Crippen LogP contribution in [0, 0.1) is 12.7 Å². The molecular formula is C19H21FN4O2S. The highest BCUT2D eigenvalue weighted by atomic mass is 32.1. The highest BCUT2D eigenvalue weighted by Gasteiger charge is 2.20. The van der Waals surface area contributed by atoms with Crippen LogP contribution in [0.4, 0.5) is 10.2 Å². The zero-order valence-electron chi connectivity index (χ0n) is 15.5. The predicted octanol–water partition coefficient (Wildman–Crippen LogP) is 3.53. The molecule has 3 rings (SSSR count). The van der Waals surface area contributed by atoms with Gasteiger partial charge in [-0.15, -0.1) is 11.3 Å². The number of hydrogen-bond donors (Lipinski definition) is 1. The van der Waals surface area contributed by atoms with Crippen LogP contribution >= 0.6 is 11.3 Å². The van der Waals surface area contributed by atoms with Gasteiger partial charge in [0.1, 0.15) is 27.2 Å². The summed E-state index contributed by atoms with van der Waals surface area (Å²) < 4.78 is 18.4. The average Bonchev–Trinajstić information content (AvgIpc) is 2.92. The third-order valence-electron chi connectivity index (χ3n) is 4.08. The third-order valence-corrected chi connectivity index (χ3v) is 5.24. The molecule has 0 unspecified atom stereocenters. The molecule has 0 aliphatic rings. The number of carbonyl (C=O) groups excluding carboxylic acids is 1. The monoisotopic (exact) mass is 388 g/mol. The standard InChI is InChI=1S/C19H21FN4O2S/c1-4-26-19(25)16-11(2)15-17(21)22-14(23-18(15)27-16)10-24(3)9-12-6-5-7-13(20)8-12/h5-8H,4,9-10H2,1-3H3,(H2,21,22,23). The zero-order chi connectivity index (χ0) is 19.6. The first-order chi connectivity index (χ1) is 12.9. The molecule has 27 heavy (non-hydrogen) atoms. The number of aromatic nitrogens is 2. The second-order valence-corrected chi connectivity index (χ2v) is 7.28. The number of hydrogen-bond acceptors (Lipinski definition) is 7. The molecule has 3 aromatic rings. The van der Waals surface area contributed by atoms with Gasteiger partial charge in [0.25, 0.3) is 0 Å². The lowest BCUT2D eigenvalue weighted by Crippen LogP contribution is -2.19. The normalized spacial score (nSPS) is 11.3. The summed E-state index contributed by atoms with van der Waals surface area (Å²) in [5.41, 5.74) is 7.73. The van der Waals surface area contributed by atoms with Gasteiger partial charge in [0.05, 0.1) is 18.5 Å². The van der Waals surface area contributed by atoms with Crippen LogP contribution in [0.1, 0.15) is 33.5 Å². The summed E-state index contributed by atoms with van der Waals surface area (Å²) in [6, 6.07) is 6.47. The molecule has 6 nitrogen and oxygen atoms in total. The number of nitrogen functional groups attached to an aromatic ring is 1. The minimum Gasteiger partial charge on any atom is -0.462 e. The summed E-state index contributed by atoms with van der Waals surface area (Å²) in [6.07, 6.45) is 0. The molecule has 0 aliphatic carbocycles. The van der Waals surface area contributed by atoms with Gasteiger partial charge in [0.15, 0.2) is 0 Å². The molecule has 0 radical (unpaired) electrons. The minimum absolute atomic E-state index is 0.261. The smallest absolute Gasteiger partial charge is 0.348 e. The second kappa shape index (κ2) is 7.98. The van der Waals surface area contributed by atoms with Crippen LogP contribution in [-0.2, 0) is 17.8 Å². The lowest BCUT2D eigenvalue weighted by Gasteiger charge is -2.16. The van der Waals surface area contributed by atoms with Crippen LogP contribution in [0.5, 0.6) is 0 Å². The van der Waals surface area contributed by atoms with Crippen molar-refractivity contribution in [1.29, 1.82) is 0 Å². The van der Waals surface area contributed by atoms with E-state index in [1.807, 2.05) is 24.9 Å². The lowest BCUT2D eigenvalue weighted by atomic mass is 10.2. The van der Waals surface area contributed by atoms with Gasteiger partial charge in [0.2, 0.25) is 0 Å². The number of benzene rings is 1. The Morgan fingerprint density at radius 2 is 2.11 bits per heavy atom. The number of nitrogens with zero attached hydrogens (tertiary/aromatic N) is 3. The van der Waals surface area contributed by atoms with E-state index in [9.17, 15) is 9.18 Å². The van der Waals surface area contributed by atoms with Crippen molar-refractivity contribution in [2.75, 3.05) is 19.4 Å². The number of aryl methyl sites for hydroxylation is 1. The fourth-order valence-corrected chi connectivity index (χ4v) is 4.02. The number of rotatable bonds is 6. The average molecular weight is 388 g/mol. The maximum Gasteiger partial charge on any atom is 0.348 e. The predicted molar refractivity (Wildman–Crippen MR) is 104 cm³/mol. The number of carbonyl (C=O) groups is 1. The summed E-state index contributed by atoms with van der Waals surface area (Å²) in [6.45, 7) is 4.89. The molecular weight excluding hydrogens is 367 g/mol. The van der Waals surface area contributed by atoms with E-state index >= 15 is 0 Å². The molecule has 0 saturated heterocycles. The third kappa shape index (κ3) is 4.23. The van der Waals surface area contributed by atoms with Gasteiger partial charge < -0.3 is 10.5 Å². The van der Waals surface area contributed by atoms with Crippen molar-refractivity contribution in [2.24, 2.45) is 0 Å². The van der Waals surface area contributed by atoms with E-state index in [2.05, 4.69) is 9.97 Å². The van der Waals surface area contributed by atoms with Gasteiger partial charge in [0, 0.05) is 6.54 Å². The second-order valence-electron chi connectivity index (χ2n) is 6.28. The molecule has 0 amide bonds. The van der Waals surface area contributed by atoms with Crippen molar-refractivity contribution in [3.8, 4) is 0 Å². The Labute approximate surface area is 160 Å². The maximum absolute atomic E-state index is 13.3. The van der Waals surface area contributed by atoms with E-state index < -0.39 is 0 Å². The van der Waals surface area contributed by atoms with Gasteiger partial charge in [-0.1, -0.05) is 12.1 Å². The minimum atomic E-state index is -0.373. The first-order valence-corrected chi connectivity index (χ1v) is 9.36. The molecule has 2 heterocycles. The first kappa shape index (κ1) is 19.2. The molecule has 0 atom stereocenters. The Kier molecular flexibility index (Phi) is 5.67. The Bertz CT molecular complexity index is 989. The van der Waals surface area contributed by atoms with Crippen molar-refractivity contribution in [3.05, 3.63) is 51.9 Å². The molecule has 2 N–H and O–H groups in total. The fraction of sp³-hybridized carbons (Fsp3) is 0.316. The van der Waals surface area contributed by atoms with Gasteiger partial charge in [-0.25, -0.2) is 19.2 Å². The Hall–Kier alpha value is -2.58. The Morgan fingerprint density at radius 3 is 2.81 bits per heavy atom. The lowest BCUT2D eigenvalue weighted by molar-refractivity contribution is 0.0531. The van der Waals surface area contributed by atoms with Gasteiger partial charge in [-0.2, -0.15) is 0 Å². The molecule has 0 bridgehead atoms. The molecule has 0 aliphatic heterocycles. The van der Waals surface area contributed by atoms with Crippen LogP contribution in [0.3, 0.4) is 0 Å². The SMILES string of the molecule is CCOC(=O)c1sc2nc(CN(C)Cc3cccc(F)c3)nc(N)c2c1C. The van der Waals surface area contributed by atoms with Crippen molar-refractivity contribution in [3.63, 3.8) is 0 Å². The van der Waals surface area contributed by atoms with Crippen molar-refractivity contribution < 1.29 is 13.9 Å². The highest BCUT2D eigenvalue weighted by molar-refractivity contribution is 7.20.